The Bertz CT molecular complexity index is 650. The Morgan fingerprint density at radius 3 is 3.21 bits per heavy atom. The molecule has 3 aromatic rings. The number of rotatable bonds is 5. The molecule has 0 spiro atoms. The van der Waals surface area contributed by atoms with Gasteiger partial charge in [0.1, 0.15) is 0 Å². The molecule has 1 atom stereocenters. The predicted molar refractivity (Wildman–Crippen MR) is 74.0 cm³/mol. The molecule has 3 heterocycles. The van der Waals surface area contributed by atoms with Crippen LogP contribution in [-0.4, -0.2) is 26.0 Å². The van der Waals surface area contributed by atoms with E-state index >= 15 is 0 Å². The van der Waals surface area contributed by atoms with E-state index in [9.17, 15) is 5.11 Å². The molecule has 3 rings (SSSR count). The van der Waals surface area contributed by atoms with E-state index in [0.717, 1.165) is 11.3 Å². The maximum absolute atomic E-state index is 9.96. The molecule has 98 valence electrons. The van der Waals surface area contributed by atoms with Gasteiger partial charge in [-0.25, -0.2) is 9.97 Å². The first-order valence-electron chi connectivity index (χ1n) is 6.02. The van der Waals surface area contributed by atoms with E-state index in [0.29, 0.717) is 18.9 Å². The van der Waals surface area contributed by atoms with Crippen LogP contribution in [0.2, 0.25) is 0 Å². The molecule has 0 amide bonds. The van der Waals surface area contributed by atoms with Gasteiger partial charge in [-0.15, -0.1) is 0 Å². The molecule has 0 saturated carbocycles. The maximum atomic E-state index is 9.96. The molecule has 0 aliphatic heterocycles. The van der Waals surface area contributed by atoms with Crippen LogP contribution in [0.15, 0.2) is 41.5 Å². The third-order valence-electron chi connectivity index (χ3n) is 2.94. The molecule has 0 saturated heterocycles. The SMILES string of the molecule is OC(CNCc1cnc2ncccn12)c1ccsc1. The van der Waals surface area contributed by atoms with Crippen LogP contribution >= 0.6 is 11.3 Å². The molecule has 2 N–H and O–H groups in total. The zero-order valence-electron chi connectivity index (χ0n) is 10.2. The molecule has 19 heavy (non-hydrogen) atoms. The smallest absolute Gasteiger partial charge is 0.233 e. The summed E-state index contributed by atoms with van der Waals surface area (Å²) >= 11 is 1.59. The van der Waals surface area contributed by atoms with Gasteiger partial charge in [0, 0.05) is 25.5 Å². The molecule has 1 unspecified atom stereocenters. The number of fused-ring (bicyclic) bond motifs is 1. The zero-order valence-corrected chi connectivity index (χ0v) is 11.0. The Morgan fingerprint density at radius 1 is 1.42 bits per heavy atom. The van der Waals surface area contributed by atoms with Gasteiger partial charge in [-0.3, -0.25) is 4.40 Å². The minimum absolute atomic E-state index is 0.469. The monoisotopic (exact) mass is 274 g/mol. The largest absolute Gasteiger partial charge is 0.387 e. The first kappa shape index (κ1) is 12.3. The van der Waals surface area contributed by atoms with Crippen molar-refractivity contribution in [2.75, 3.05) is 6.54 Å². The summed E-state index contributed by atoms with van der Waals surface area (Å²) in [6.45, 7) is 1.16. The summed E-state index contributed by atoms with van der Waals surface area (Å²) in [5.74, 6) is 0.692. The number of nitrogens with zero attached hydrogens (tertiary/aromatic N) is 3. The Morgan fingerprint density at radius 2 is 2.37 bits per heavy atom. The van der Waals surface area contributed by atoms with Crippen molar-refractivity contribution in [3.8, 4) is 0 Å². The fraction of sp³-hybridized carbons (Fsp3) is 0.231. The van der Waals surface area contributed by atoms with E-state index in [-0.39, 0.29) is 0 Å². The Kier molecular flexibility index (Phi) is 3.54. The van der Waals surface area contributed by atoms with Crippen LogP contribution in [0.25, 0.3) is 5.78 Å². The molecule has 0 fully saturated rings. The van der Waals surface area contributed by atoms with Gasteiger partial charge in [0.05, 0.1) is 18.0 Å². The minimum Gasteiger partial charge on any atom is -0.387 e. The number of nitrogens with one attached hydrogen (secondary N) is 1. The lowest BCUT2D eigenvalue weighted by atomic mass is 10.2. The van der Waals surface area contributed by atoms with Crippen molar-refractivity contribution in [1.29, 1.82) is 0 Å². The van der Waals surface area contributed by atoms with Crippen molar-refractivity contribution < 1.29 is 5.11 Å². The standard InChI is InChI=1S/C13H14N4OS/c18-12(10-2-5-19-9-10)8-14-6-11-7-16-13-15-3-1-4-17(11)13/h1-5,7,9,12,14,18H,6,8H2. The van der Waals surface area contributed by atoms with Crippen LogP contribution in [0.1, 0.15) is 17.4 Å². The topological polar surface area (TPSA) is 62.5 Å². The second-order valence-corrected chi connectivity index (χ2v) is 5.02. The second kappa shape index (κ2) is 5.48. The Balaban J connectivity index is 1.61. The highest BCUT2D eigenvalue weighted by Gasteiger charge is 2.08. The van der Waals surface area contributed by atoms with Crippen molar-refractivity contribution in [3.63, 3.8) is 0 Å². The quantitative estimate of drug-likeness (QED) is 0.742. The maximum Gasteiger partial charge on any atom is 0.233 e. The van der Waals surface area contributed by atoms with Crippen molar-refractivity contribution in [1.82, 2.24) is 19.7 Å². The molecule has 0 aliphatic carbocycles. The number of thiophene rings is 1. The summed E-state index contributed by atoms with van der Waals surface area (Å²) in [5, 5.41) is 17.1. The third-order valence-corrected chi connectivity index (χ3v) is 3.64. The molecule has 0 aromatic carbocycles. The van der Waals surface area contributed by atoms with Crippen LogP contribution in [0.4, 0.5) is 0 Å². The van der Waals surface area contributed by atoms with Gasteiger partial charge in [0.15, 0.2) is 0 Å². The van der Waals surface area contributed by atoms with Gasteiger partial charge >= 0.3 is 0 Å². The predicted octanol–water partition coefficient (Wildman–Crippen LogP) is 1.61. The molecule has 3 aromatic heterocycles. The van der Waals surface area contributed by atoms with E-state index in [1.54, 1.807) is 23.7 Å². The van der Waals surface area contributed by atoms with Crippen LogP contribution in [0.5, 0.6) is 0 Å². The van der Waals surface area contributed by atoms with Crippen LogP contribution < -0.4 is 5.32 Å². The van der Waals surface area contributed by atoms with Crippen LogP contribution in [0.3, 0.4) is 0 Å². The summed E-state index contributed by atoms with van der Waals surface area (Å²) < 4.78 is 1.93. The second-order valence-electron chi connectivity index (χ2n) is 4.24. The highest BCUT2D eigenvalue weighted by molar-refractivity contribution is 7.07. The number of hydrogen-bond donors (Lipinski definition) is 2. The normalized spacial score (nSPS) is 12.9. The van der Waals surface area contributed by atoms with E-state index < -0.39 is 6.10 Å². The fourth-order valence-electron chi connectivity index (χ4n) is 1.93. The average molecular weight is 274 g/mol. The molecule has 0 bridgehead atoms. The van der Waals surface area contributed by atoms with Crippen LogP contribution in [-0.2, 0) is 6.54 Å². The zero-order chi connectivity index (χ0) is 13.1. The molecular formula is C13H14N4OS. The van der Waals surface area contributed by atoms with E-state index in [1.807, 2.05) is 33.5 Å². The average Bonchev–Trinajstić information content (AvgIpc) is 3.08. The van der Waals surface area contributed by atoms with Gasteiger partial charge < -0.3 is 10.4 Å². The Hall–Kier alpha value is -1.76. The highest BCUT2D eigenvalue weighted by atomic mass is 32.1. The van der Waals surface area contributed by atoms with Gasteiger partial charge in [-0.1, -0.05) is 0 Å². The number of imidazole rings is 1. The van der Waals surface area contributed by atoms with Crippen LogP contribution in [0, 0.1) is 0 Å². The summed E-state index contributed by atoms with van der Waals surface area (Å²) in [7, 11) is 0. The van der Waals surface area contributed by atoms with Gasteiger partial charge in [-0.05, 0) is 28.5 Å². The third kappa shape index (κ3) is 2.65. The van der Waals surface area contributed by atoms with Gasteiger partial charge in [-0.2, -0.15) is 11.3 Å². The fourth-order valence-corrected chi connectivity index (χ4v) is 2.63. The van der Waals surface area contributed by atoms with Gasteiger partial charge in [0.25, 0.3) is 0 Å². The lowest BCUT2D eigenvalue weighted by molar-refractivity contribution is 0.174. The lowest BCUT2D eigenvalue weighted by Crippen LogP contribution is -2.21. The van der Waals surface area contributed by atoms with Gasteiger partial charge in [0.2, 0.25) is 5.78 Å². The molecule has 0 aliphatic rings. The highest BCUT2D eigenvalue weighted by Crippen LogP contribution is 2.15. The summed E-state index contributed by atoms with van der Waals surface area (Å²) in [6.07, 6.45) is 4.98. The number of aromatic nitrogens is 3. The van der Waals surface area contributed by atoms with Crippen molar-refractivity contribution >= 4 is 17.1 Å². The summed E-state index contributed by atoms with van der Waals surface area (Å²) in [6, 6.07) is 3.81. The number of aliphatic hydroxyl groups excluding tert-OH is 1. The van der Waals surface area contributed by atoms with Crippen molar-refractivity contribution in [2.24, 2.45) is 0 Å². The van der Waals surface area contributed by atoms with E-state index in [2.05, 4.69) is 15.3 Å². The summed E-state index contributed by atoms with van der Waals surface area (Å²) in [4.78, 5) is 8.38. The van der Waals surface area contributed by atoms with Crippen molar-refractivity contribution in [2.45, 2.75) is 12.6 Å². The lowest BCUT2D eigenvalue weighted by Gasteiger charge is -2.10. The number of hydrogen-bond acceptors (Lipinski definition) is 5. The molecule has 5 nitrogen and oxygen atoms in total. The molecular weight excluding hydrogens is 260 g/mol. The molecule has 6 heteroatoms. The van der Waals surface area contributed by atoms with E-state index in [1.165, 1.54) is 0 Å². The minimum atomic E-state index is -0.469. The van der Waals surface area contributed by atoms with Crippen molar-refractivity contribution in [3.05, 3.63) is 52.7 Å². The first-order chi connectivity index (χ1) is 9.34. The summed E-state index contributed by atoms with van der Waals surface area (Å²) in [5.41, 5.74) is 1.98. The first-order valence-corrected chi connectivity index (χ1v) is 6.97. The molecule has 0 radical (unpaired) electrons. The van der Waals surface area contributed by atoms with E-state index in [4.69, 9.17) is 0 Å². The Labute approximate surface area is 114 Å². The number of aliphatic hydroxyl groups is 1.